The molecule has 0 aliphatic heterocycles. The lowest BCUT2D eigenvalue weighted by molar-refractivity contribution is -0.146. The van der Waals surface area contributed by atoms with E-state index in [0.29, 0.717) is 0 Å². The number of ketones is 1. The molecule has 0 heterocycles. The van der Waals surface area contributed by atoms with Crippen molar-refractivity contribution < 1.29 is 24.6 Å². The van der Waals surface area contributed by atoms with E-state index in [1.54, 1.807) is 12.1 Å². The van der Waals surface area contributed by atoms with Crippen LogP contribution in [0.1, 0.15) is 15.9 Å². The minimum atomic E-state index is -1.58. The number of carboxylic acids is 2. The molecule has 0 aliphatic carbocycles. The first-order chi connectivity index (χ1) is 7.52. The smallest absolute Gasteiger partial charge is 0.376 e. The third-order valence-corrected chi connectivity index (χ3v) is 1.82. The lowest BCUT2D eigenvalue weighted by atomic mass is 10.1. The second-order valence-corrected chi connectivity index (χ2v) is 2.90. The van der Waals surface area contributed by atoms with Gasteiger partial charge in [-0.25, -0.2) is 9.59 Å². The molecule has 82 valence electrons. The normalized spacial score (nSPS) is 10.2. The molecule has 5 nitrogen and oxygen atoms in total. The zero-order valence-electron chi connectivity index (χ0n) is 8.08. The summed E-state index contributed by atoms with van der Waals surface area (Å²) >= 11 is 0. The van der Waals surface area contributed by atoms with E-state index in [0.717, 1.165) is 6.08 Å². The van der Waals surface area contributed by atoms with Crippen LogP contribution in [0.4, 0.5) is 0 Å². The van der Waals surface area contributed by atoms with Gasteiger partial charge in [-0.15, -0.1) is 0 Å². The molecule has 2 N–H and O–H groups in total. The van der Waals surface area contributed by atoms with E-state index in [9.17, 15) is 14.4 Å². The van der Waals surface area contributed by atoms with E-state index in [-0.39, 0.29) is 11.1 Å². The second-order valence-electron chi connectivity index (χ2n) is 2.90. The van der Waals surface area contributed by atoms with Crippen LogP contribution in [0.15, 0.2) is 30.3 Å². The van der Waals surface area contributed by atoms with Crippen LogP contribution in [0.3, 0.4) is 0 Å². The number of carbonyl (C=O) groups is 3. The van der Waals surface area contributed by atoms with Crippen molar-refractivity contribution in [1.29, 1.82) is 0 Å². The first-order valence-corrected chi connectivity index (χ1v) is 4.30. The molecule has 0 saturated heterocycles. The number of hydrogen-bond donors (Lipinski definition) is 2. The van der Waals surface area contributed by atoms with Crippen LogP contribution in [0.25, 0.3) is 6.08 Å². The molecule has 0 aliphatic rings. The Kier molecular flexibility index (Phi) is 3.55. The van der Waals surface area contributed by atoms with Crippen molar-refractivity contribution in [3.05, 3.63) is 41.5 Å². The molecule has 0 radical (unpaired) electrons. The van der Waals surface area contributed by atoms with Crippen molar-refractivity contribution in [2.75, 3.05) is 0 Å². The van der Waals surface area contributed by atoms with Gasteiger partial charge in [-0.1, -0.05) is 18.2 Å². The molecule has 1 aromatic rings. The van der Waals surface area contributed by atoms with Gasteiger partial charge < -0.3 is 10.2 Å². The van der Waals surface area contributed by atoms with Crippen molar-refractivity contribution in [2.24, 2.45) is 0 Å². The van der Waals surface area contributed by atoms with Gasteiger partial charge in [-0.05, 0) is 23.8 Å². The second kappa shape index (κ2) is 4.88. The summed E-state index contributed by atoms with van der Waals surface area (Å²) in [7, 11) is 0. The Hall–Kier alpha value is -2.43. The van der Waals surface area contributed by atoms with Crippen LogP contribution < -0.4 is 0 Å². The highest BCUT2D eigenvalue weighted by molar-refractivity contribution is 6.38. The number of carbonyl (C=O) groups excluding carboxylic acids is 1. The van der Waals surface area contributed by atoms with E-state index in [4.69, 9.17) is 10.2 Å². The van der Waals surface area contributed by atoms with Crippen LogP contribution in [0.5, 0.6) is 0 Å². The van der Waals surface area contributed by atoms with Crippen molar-refractivity contribution in [1.82, 2.24) is 0 Å². The lowest BCUT2D eigenvalue weighted by Crippen LogP contribution is -2.08. The molecule has 0 unspecified atom stereocenters. The van der Waals surface area contributed by atoms with E-state index in [1.807, 2.05) is 0 Å². The molecular formula is C11H8O5. The van der Waals surface area contributed by atoms with Crippen molar-refractivity contribution in [3.8, 4) is 0 Å². The van der Waals surface area contributed by atoms with Crippen molar-refractivity contribution in [3.63, 3.8) is 0 Å². The summed E-state index contributed by atoms with van der Waals surface area (Å²) in [5.41, 5.74) is 0.293. The van der Waals surface area contributed by atoms with E-state index in [2.05, 4.69) is 0 Å². The van der Waals surface area contributed by atoms with Crippen LogP contribution in [-0.2, 0) is 9.59 Å². The maximum Gasteiger partial charge on any atom is 0.376 e. The van der Waals surface area contributed by atoms with E-state index >= 15 is 0 Å². The average Bonchev–Trinajstić information content (AvgIpc) is 2.25. The maximum absolute atomic E-state index is 10.8. The highest BCUT2D eigenvalue weighted by Gasteiger charge is 2.09. The molecule has 0 spiro atoms. The number of aliphatic carboxylic acids is 1. The third-order valence-electron chi connectivity index (χ3n) is 1.82. The lowest BCUT2D eigenvalue weighted by Gasteiger charge is -1.98. The monoisotopic (exact) mass is 220 g/mol. The van der Waals surface area contributed by atoms with Gasteiger partial charge in [-0.3, -0.25) is 4.79 Å². The Balaban J connectivity index is 3.02. The summed E-state index contributed by atoms with van der Waals surface area (Å²) in [6, 6.07) is 5.99. The largest absolute Gasteiger partial charge is 0.478 e. The highest BCUT2D eigenvalue weighted by Crippen LogP contribution is 2.10. The molecule has 0 saturated carbocycles. The van der Waals surface area contributed by atoms with Crippen LogP contribution in [-0.4, -0.2) is 27.9 Å². The van der Waals surface area contributed by atoms with Crippen LogP contribution in [0.2, 0.25) is 0 Å². The molecule has 5 heteroatoms. The summed E-state index contributed by atoms with van der Waals surface area (Å²) < 4.78 is 0. The van der Waals surface area contributed by atoms with Gasteiger partial charge >= 0.3 is 11.9 Å². The van der Waals surface area contributed by atoms with Crippen LogP contribution in [0, 0.1) is 0 Å². The summed E-state index contributed by atoms with van der Waals surface area (Å²) in [4.78, 5) is 31.8. The zero-order valence-corrected chi connectivity index (χ0v) is 8.08. The quantitative estimate of drug-likeness (QED) is 0.584. The fraction of sp³-hybridized carbons (Fsp3) is 0. The zero-order chi connectivity index (χ0) is 12.1. The predicted molar refractivity (Wildman–Crippen MR) is 55.1 cm³/mol. The van der Waals surface area contributed by atoms with Crippen LogP contribution >= 0.6 is 0 Å². The Morgan fingerprint density at radius 1 is 1.06 bits per heavy atom. The summed E-state index contributed by atoms with van der Waals surface area (Å²) in [5.74, 6) is -3.81. The number of aromatic carboxylic acids is 1. The molecule has 16 heavy (non-hydrogen) atoms. The SMILES string of the molecule is O=C(O)C(=O)C=Cc1ccccc1C(=O)O. The molecule has 1 aromatic carbocycles. The Labute approximate surface area is 90.6 Å². The van der Waals surface area contributed by atoms with Gasteiger partial charge in [0.25, 0.3) is 5.78 Å². The third kappa shape index (κ3) is 2.78. The fourth-order valence-electron chi connectivity index (χ4n) is 1.07. The van der Waals surface area contributed by atoms with Gasteiger partial charge in [0, 0.05) is 0 Å². The van der Waals surface area contributed by atoms with Gasteiger partial charge in [0.05, 0.1) is 5.56 Å². The van der Waals surface area contributed by atoms with Gasteiger partial charge in [-0.2, -0.15) is 0 Å². The van der Waals surface area contributed by atoms with Crippen molar-refractivity contribution in [2.45, 2.75) is 0 Å². The maximum atomic E-state index is 10.8. The standard InChI is InChI=1S/C11H8O5/c12-9(11(15)16)6-5-7-3-1-2-4-8(7)10(13)14/h1-6H,(H,13,14)(H,15,16). The minimum absolute atomic E-state index is 0.0111. The molecule has 0 bridgehead atoms. The van der Waals surface area contributed by atoms with Gasteiger partial charge in [0.1, 0.15) is 0 Å². The topological polar surface area (TPSA) is 91.7 Å². The van der Waals surface area contributed by atoms with Crippen molar-refractivity contribution >= 4 is 23.8 Å². The number of carboxylic acid groups (broad SMARTS) is 2. The number of hydrogen-bond acceptors (Lipinski definition) is 3. The number of benzene rings is 1. The summed E-state index contributed by atoms with van der Waals surface area (Å²) in [5, 5.41) is 17.1. The molecule has 1 rings (SSSR count). The summed E-state index contributed by atoms with van der Waals surface area (Å²) in [6.45, 7) is 0. The Morgan fingerprint density at radius 2 is 1.69 bits per heavy atom. The molecule has 0 atom stereocenters. The molecule has 0 fully saturated rings. The Bertz CT molecular complexity index is 473. The van der Waals surface area contributed by atoms with E-state index in [1.165, 1.54) is 18.2 Å². The van der Waals surface area contributed by atoms with E-state index < -0.39 is 17.7 Å². The first kappa shape index (κ1) is 11.6. The molecular weight excluding hydrogens is 212 g/mol. The Morgan fingerprint density at radius 3 is 2.25 bits per heavy atom. The summed E-state index contributed by atoms with van der Waals surface area (Å²) in [6.07, 6.45) is 1.99. The molecule has 0 amide bonds. The van der Waals surface area contributed by atoms with Gasteiger partial charge in [0.15, 0.2) is 0 Å². The first-order valence-electron chi connectivity index (χ1n) is 4.30. The predicted octanol–water partition coefficient (Wildman–Crippen LogP) is 1.05. The highest BCUT2D eigenvalue weighted by atomic mass is 16.4. The molecule has 0 aromatic heterocycles. The average molecular weight is 220 g/mol. The minimum Gasteiger partial charge on any atom is -0.478 e. The van der Waals surface area contributed by atoms with Gasteiger partial charge in [0.2, 0.25) is 0 Å². The fourth-order valence-corrected chi connectivity index (χ4v) is 1.07. The number of rotatable bonds is 4.